The number of rotatable bonds is 5. The van der Waals surface area contributed by atoms with Crippen LogP contribution in [-0.4, -0.2) is 79.8 Å². The van der Waals surface area contributed by atoms with E-state index in [4.69, 9.17) is 39.1 Å². The summed E-state index contributed by atoms with van der Waals surface area (Å²) in [7, 11) is 0. The second-order valence-electron chi connectivity index (χ2n) is 9.60. The Labute approximate surface area is 209 Å². The molecule has 0 aliphatic carbocycles. The van der Waals surface area contributed by atoms with Crippen LogP contribution in [0.25, 0.3) is 22.5 Å². The monoisotopic (exact) mass is 499 g/mol. The molecule has 2 saturated heterocycles. The van der Waals surface area contributed by atoms with Gasteiger partial charge in [-0.2, -0.15) is 10.1 Å². The van der Waals surface area contributed by atoms with Crippen molar-refractivity contribution in [3.05, 3.63) is 30.1 Å². The summed E-state index contributed by atoms with van der Waals surface area (Å²) in [6, 6.07) is 8.52. The van der Waals surface area contributed by atoms with Gasteiger partial charge in [0.05, 0.1) is 5.52 Å². The number of piperidine rings is 1. The molecule has 194 valence electrons. The molecular formula is C25H33N5O6. The molecular weight excluding hydrogens is 466 g/mol. The number of carboxylic acids is 2. The van der Waals surface area contributed by atoms with Crippen molar-refractivity contribution in [2.45, 2.75) is 51.5 Å². The Bertz CT molecular complexity index is 1160. The quantitative estimate of drug-likeness (QED) is 0.501. The van der Waals surface area contributed by atoms with Crippen molar-refractivity contribution in [2.24, 2.45) is 5.92 Å². The van der Waals surface area contributed by atoms with Crippen LogP contribution >= 0.6 is 0 Å². The van der Waals surface area contributed by atoms with Crippen LogP contribution in [0.15, 0.2) is 28.8 Å². The minimum atomic E-state index is -1.82. The first-order chi connectivity index (χ1) is 17.3. The van der Waals surface area contributed by atoms with Gasteiger partial charge in [0.25, 0.3) is 5.89 Å². The van der Waals surface area contributed by atoms with Gasteiger partial charge in [-0.25, -0.2) is 9.59 Å². The van der Waals surface area contributed by atoms with Crippen LogP contribution in [0.2, 0.25) is 0 Å². The Morgan fingerprint density at radius 1 is 1.06 bits per heavy atom. The minimum Gasteiger partial charge on any atom is -0.473 e. The highest BCUT2D eigenvalue weighted by Crippen LogP contribution is 2.32. The Hall–Kier alpha value is -3.31. The summed E-state index contributed by atoms with van der Waals surface area (Å²) in [5, 5.41) is 25.0. The average molecular weight is 500 g/mol. The Morgan fingerprint density at radius 2 is 1.72 bits per heavy atom. The molecule has 2 aliphatic heterocycles. The molecule has 11 nitrogen and oxygen atoms in total. The first-order valence-electron chi connectivity index (χ1n) is 12.4. The van der Waals surface area contributed by atoms with E-state index in [0.29, 0.717) is 11.8 Å². The number of carboxylic acid groups (broad SMARTS) is 2. The van der Waals surface area contributed by atoms with Gasteiger partial charge in [-0.1, -0.05) is 23.4 Å². The summed E-state index contributed by atoms with van der Waals surface area (Å²) in [5.41, 5.74) is 1.89. The average Bonchev–Trinajstić information content (AvgIpc) is 3.51. The van der Waals surface area contributed by atoms with Crippen molar-refractivity contribution in [2.75, 3.05) is 32.8 Å². The van der Waals surface area contributed by atoms with Gasteiger partial charge in [-0.15, -0.1) is 0 Å². The third-order valence-corrected chi connectivity index (χ3v) is 6.74. The summed E-state index contributed by atoms with van der Waals surface area (Å²) in [6.07, 6.45) is 4.57. The van der Waals surface area contributed by atoms with Crippen molar-refractivity contribution in [3.8, 4) is 11.6 Å². The van der Waals surface area contributed by atoms with E-state index in [9.17, 15) is 0 Å². The number of benzene rings is 1. The second-order valence-corrected chi connectivity index (χ2v) is 9.60. The zero-order valence-electron chi connectivity index (χ0n) is 20.7. The van der Waals surface area contributed by atoms with Crippen LogP contribution in [0.5, 0.6) is 0 Å². The van der Waals surface area contributed by atoms with Crippen LogP contribution in [-0.2, 0) is 14.3 Å². The molecule has 11 heteroatoms. The molecule has 0 radical (unpaired) electrons. The summed E-state index contributed by atoms with van der Waals surface area (Å²) >= 11 is 0. The summed E-state index contributed by atoms with van der Waals surface area (Å²) in [4.78, 5) is 25.6. The van der Waals surface area contributed by atoms with Crippen LogP contribution in [0.3, 0.4) is 0 Å². The molecule has 2 N–H and O–H groups in total. The third-order valence-electron chi connectivity index (χ3n) is 6.74. The van der Waals surface area contributed by atoms with Gasteiger partial charge in [0.2, 0.25) is 0 Å². The van der Waals surface area contributed by atoms with Crippen molar-refractivity contribution < 1.29 is 29.1 Å². The zero-order valence-corrected chi connectivity index (χ0v) is 20.7. The van der Waals surface area contributed by atoms with Crippen LogP contribution in [0.4, 0.5) is 0 Å². The number of likely N-dealkylation sites (tertiary alicyclic amines) is 1. The van der Waals surface area contributed by atoms with E-state index >= 15 is 0 Å². The molecule has 0 spiro atoms. The fourth-order valence-electron chi connectivity index (χ4n) is 4.81. The SMILES string of the molecule is CC(C)n1nc(-c2nc(C3CCN(CC4CCOCC4)CC3)no2)c2ccccc21.O=C(O)C(=O)O. The summed E-state index contributed by atoms with van der Waals surface area (Å²) < 4.78 is 13.2. The van der Waals surface area contributed by atoms with E-state index in [1.54, 1.807) is 0 Å². The van der Waals surface area contributed by atoms with Crippen LogP contribution in [0.1, 0.15) is 57.3 Å². The maximum Gasteiger partial charge on any atom is 0.414 e. The standard InChI is InChI=1S/C23H31N5O2.C2H2O4/c1-16(2)28-20-6-4-3-5-19(20)21(25-28)23-24-22(26-30-23)18-7-11-27(12-8-18)15-17-9-13-29-14-10-17;3-1(4)2(5)6/h3-6,16-18H,7-15H2,1-2H3;(H,3,4)(H,5,6). The van der Waals surface area contributed by atoms with Gasteiger partial charge < -0.3 is 24.4 Å². The van der Waals surface area contributed by atoms with Crippen molar-refractivity contribution in [1.29, 1.82) is 0 Å². The van der Waals surface area contributed by atoms with Gasteiger partial charge >= 0.3 is 11.9 Å². The van der Waals surface area contributed by atoms with Crippen molar-refractivity contribution in [1.82, 2.24) is 24.8 Å². The van der Waals surface area contributed by atoms with Gasteiger partial charge in [-0.05, 0) is 64.6 Å². The lowest BCUT2D eigenvalue weighted by Gasteiger charge is -2.34. The molecule has 36 heavy (non-hydrogen) atoms. The van der Waals surface area contributed by atoms with Crippen LogP contribution < -0.4 is 0 Å². The highest BCUT2D eigenvalue weighted by atomic mass is 16.5. The van der Waals surface area contributed by atoms with E-state index in [1.807, 2.05) is 16.8 Å². The Balaban J connectivity index is 0.000000455. The predicted octanol–water partition coefficient (Wildman–Crippen LogP) is 3.43. The number of aliphatic carboxylic acids is 2. The lowest BCUT2D eigenvalue weighted by atomic mass is 9.93. The Kier molecular flexibility index (Phi) is 8.32. The number of para-hydroxylation sites is 1. The van der Waals surface area contributed by atoms with Gasteiger partial charge in [0.15, 0.2) is 11.5 Å². The highest BCUT2D eigenvalue weighted by molar-refractivity contribution is 6.27. The van der Waals surface area contributed by atoms with Gasteiger partial charge in [-0.3, -0.25) is 4.68 Å². The summed E-state index contributed by atoms with van der Waals surface area (Å²) in [6.45, 7) is 9.54. The number of carbonyl (C=O) groups is 2. The zero-order chi connectivity index (χ0) is 25.7. The maximum absolute atomic E-state index is 9.10. The predicted molar refractivity (Wildman–Crippen MR) is 131 cm³/mol. The molecule has 5 rings (SSSR count). The first-order valence-corrected chi connectivity index (χ1v) is 12.4. The third kappa shape index (κ3) is 6.08. The molecule has 0 unspecified atom stereocenters. The lowest BCUT2D eigenvalue weighted by Crippen LogP contribution is -2.38. The van der Waals surface area contributed by atoms with E-state index in [-0.39, 0.29) is 6.04 Å². The molecule has 0 atom stereocenters. The molecule has 1 aromatic carbocycles. The molecule has 2 aliphatic rings. The van der Waals surface area contributed by atoms with Crippen molar-refractivity contribution in [3.63, 3.8) is 0 Å². The number of aromatic nitrogens is 4. The minimum absolute atomic E-state index is 0.270. The molecule has 0 amide bonds. The molecule has 0 bridgehead atoms. The second kappa shape index (κ2) is 11.6. The largest absolute Gasteiger partial charge is 0.473 e. The lowest BCUT2D eigenvalue weighted by molar-refractivity contribution is -0.159. The number of fused-ring (bicyclic) bond motifs is 1. The van der Waals surface area contributed by atoms with Crippen molar-refractivity contribution >= 4 is 22.8 Å². The number of hydrogen-bond donors (Lipinski definition) is 2. The van der Waals surface area contributed by atoms with E-state index in [0.717, 1.165) is 67.5 Å². The normalized spacial score (nSPS) is 17.8. The van der Waals surface area contributed by atoms with Gasteiger partial charge in [0, 0.05) is 37.1 Å². The molecule has 0 saturated carbocycles. The smallest absolute Gasteiger partial charge is 0.414 e. The molecule has 2 fully saturated rings. The maximum atomic E-state index is 9.10. The number of hydrogen-bond acceptors (Lipinski definition) is 8. The number of nitrogens with zero attached hydrogens (tertiary/aromatic N) is 5. The summed E-state index contributed by atoms with van der Waals surface area (Å²) in [5.74, 6) is -1.13. The highest BCUT2D eigenvalue weighted by Gasteiger charge is 2.28. The topological polar surface area (TPSA) is 144 Å². The van der Waals surface area contributed by atoms with E-state index < -0.39 is 11.9 Å². The van der Waals surface area contributed by atoms with Gasteiger partial charge in [0.1, 0.15) is 0 Å². The fraction of sp³-hybridized carbons (Fsp3) is 0.560. The molecule has 2 aromatic heterocycles. The number of ether oxygens (including phenoxy) is 1. The fourth-order valence-corrected chi connectivity index (χ4v) is 4.81. The van der Waals surface area contributed by atoms with E-state index in [1.165, 1.54) is 19.4 Å². The molecule has 3 aromatic rings. The van der Waals surface area contributed by atoms with Crippen LogP contribution in [0, 0.1) is 5.92 Å². The Morgan fingerprint density at radius 3 is 2.36 bits per heavy atom. The van der Waals surface area contributed by atoms with E-state index in [2.05, 4.69) is 36.0 Å². The first kappa shape index (κ1) is 25.8. The molecule has 4 heterocycles.